The van der Waals surface area contributed by atoms with Crippen molar-refractivity contribution in [3.05, 3.63) is 23.8 Å². The van der Waals surface area contributed by atoms with Gasteiger partial charge in [-0.1, -0.05) is 30.6 Å². The van der Waals surface area contributed by atoms with E-state index < -0.39 is 0 Å². The van der Waals surface area contributed by atoms with E-state index in [-0.39, 0.29) is 0 Å². The van der Waals surface area contributed by atoms with Gasteiger partial charge in [0.15, 0.2) is 0 Å². The molecule has 0 aromatic carbocycles. The topological polar surface area (TPSA) is 0 Å². The highest BCUT2D eigenvalue weighted by molar-refractivity contribution is 5.30. The third kappa shape index (κ3) is 1.04. The minimum Gasteiger partial charge on any atom is -0.103 e. The fraction of sp³-hybridized carbons (Fsp3) is 0.692. The maximum absolute atomic E-state index is 4.00. The second-order valence-electron chi connectivity index (χ2n) is 4.70. The monoisotopic (exact) mass is 176 g/mol. The van der Waals surface area contributed by atoms with Gasteiger partial charge < -0.3 is 0 Å². The summed E-state index contributed by atoms with van der Waals surface area (Å²) in [5.74, 6) is 3.40. The molecule has 0 nitrogen and oxygen atoms in total. The van der Waals surface area contributed by atoms with Crippen LogP contribution in [-0.4, -0.2) is 0 Å². The number of allylic oxidation sites excluding steroid dienone is 3. The molecule has 0 aromatic heterocycles. The molecule has 0 radical (unpaired) electrons. The van der Waals surface area contributed by atoms with Crippen molar-refractivity contribution in [2.24, 2.45) is 23.7 Å². The molecule has 0 spiro atoms. The maximum atomic E-state index is 4.00. The summed E-state index contributed by atoms with van der Waals surface area (Å²) in [6.07, 6.45) is 4.93. The van der Waals surface area contributed by atoms with Crippen LogP contribution in [0.2, 0.25) is 0 Å². The van der Waals surface area contributed by atoms with E-state index in [2.05, 4.69) is 33.4 Å². The Bertz CT molecular complexity index is 257. The van der Waals surface area contributed by atoms with Crippen LogP contribution in [0.25, 0.3) is 0 Å². The van der Waals surface area contributed by atoms with Crippen LogP contribution in [0.1, 0.15) is 33.6 Å². The largest absolute Gasteiger partial charge is 0.103 e. The molecule has 2 aliphatic rings. The molecule has 1 saturated carbocycles. The molecule has 0 aromatic rings. The third-order valence-electron chi connectivity index (χ3n) is 4.46. The average Bonchev–Trinajstić information content (AvgIpc) is 2.63. The lowest BCUT2D eigenvalue weighted by Gasteiger charge is -2.29. The highest BCUT2D eigenvalue weighted by Gasteiger charge is 2.47. The minimum absolute atomic E-state index is 0.777. The summed E-state index contributed by atoms with van der Waals surface area (Å²) in [6, 6.07) is 0. The highest BCUT2D eigenvalue weighted by atomic mass is 14.5. The van der Waals surface area contributed by atoms with Crippen molar-refractivity contribution >= 4 is 0 Å². The Labute approximate surface area is 81.7 Å². The summed E-state index contributed by atoms with van der Waals surface area (Å²) in [7, 11) is 0. The lowest BCUT2D eigenvalue weighted by Crippen LogP contribution is -2.21. The first-order valence-corrected chi connectivity index (χ1v) is 5.50. The van der Waals surface area contributed by atoms with Crippen LogP contribution in [0.5, 0.6) is 0 Å². The molecule has 4 atom stereocenters. The Morgan fingerprint density at radius 3 is 2.46 bits per heavy atom. The van der Waals surface area contributed by atoms with Crippen LogP contribution >= 0.6 is 0 Å². The Morgan fingerprint density at radius 1 is 1.31 bits per heavy atom. The van der Waals surface area contributed by atoms with Gasteiger partial charge in [0.2, 0.25) is 0 Å². The average molecular weight is 176 g/mol. The van der Waals surface area contributed by atoms with Gasteiger partial charge in [-0.15, -0.1) is 6.58 Å². The zero-order valence-electron chi connectivity index (χ0n) is 9.01. The molecule has 72 valence electrons. The van der Waals surface area contributed by atoms with E-state index in [9.17, 15) is 0 Å². The van der Waals surface area contributed by atoms with Crippen LogP contribution in [-0.2, 0) is 0 Å². The number of hydrogen-bond acceptors (Lipinski definition) is 0. The van der Waals surface area contributed by atoms with E-state index in [0.717, 1.165) is 23.7 Å². The van der Waals surface area contributed by atoms with E-state index in [0.29, 0.717) is 0 Å². The summed E-state index contributed by atoms with van der Waals surface area (Å²) in [5, 5.41) is 0. The van der Waals surface area contributed by atoms with Gasteiger partial charge in [-0.25, -0.2) is 0 Å². The van der Waals surface area contributed by atoms with E-state index in [4.69, 9.17) is 0 Å². The van der Waals surface area contributed by atoms with Gasteiger partial charge in [-0.2, -0.15) is 0 Å². The van der Waals surface area contributed by atoms with Crippen LogP contribution in [0.15, 0.2) is 23.8 Å². The summed E-state index contributed by atoms with van der Waals surface area (Å²) in [4.78, 5) is 0. The SMILES string of the molecule is C=CC1C2CC(C(C)=C2C)C1CC. The van der Waals surface area contributed by atoms with Crippen LogP contribution in [0, 0.1) is 23.7 Å². The van der Waals surface area contributed by atoms with Crippen molar-refractivity contribution in [3.63, 3.8) is 0 Å². The Hall–Kier alpha value is -0.520. The quantitative estimate of drug-likeness (QED) is 0.561. The van der Waals surface area contributed by atoms with Crippen molar-refractivity contribution in [3.8, 4) is 0 Å². The molecule has 0 saturated heterocycles. The Morgan fingerprint density at radius 2 is 1.92 bits per heavy atom. The second-order valence-corrected chi connectivity index (χ2v) is 4.70. The summed E-state index contributed by atoms with van der Waals surface area (Å²) < 4.78 is 0. The van der Waals surface area contributed by atoms with Crippen LogP contribution in [0.4, 0.5) is 0 Å². The van der Waals surface area contributed by atoms with Gasteiger partial charge in [-0.05, 0) is 43.9 Å². The number of fused-ring (bicyclic) bond motifs is 2. The maximum Gasteiger partial charge on any atom is -0.0132 e. The second kappa shape index (κ2) is 3.01. The first kappa shape index (κ1) is 9.05. The van der Waals surface area contributed by atoms with Crippen molar-refractivity contribution < 1.29 is 0 Å². The molecule has 0 N–H and O–H groups in total. The van der Waals surface area contributed by atoms with Gasteiger partial charge in [0.05, 0.1) is 0 Å². The molecular weight excluding hydrogens is 156 g/mol. The molecule has 4 unspecified atom stereocenters. The lowest BCUT2D eigenvalue weighted by atomic mass is 9.75. The zero-order chi connectivity index (χ0) is 9.59. The molecule has 0 heterocycles. The van der Waals surface area contributed by atoms with E-state index >= 15 is 0 Å². The molecular formula is C13H20. The van der Waals surface area contributed by atoms with Gasteiger partial charge in [0.1, 0.15) is 0 Å². The smallest absolute Gasteiger partial charge is 0.0132 e. The van der Waals surface area contributed by atoms with Crippen LogP contribution < -0.4 is 0 Å². The fourth-order valence-electron chi connectivity index (χ4n) is 3.62. The first-order valence-electron chi connectivity index (χ1n) is 5.50. The summed E-state index contributed by atoms with van der Waals surface area (Å²) in [5.41, 5.74) is 3.36. The standard InChI is InChI=1S/C13H20/c1-5-10-11(6-2)13-7-12(10)8(3)9(13)4/h5,10-13H,1,6-7H2,2-4H3. The molecule has 2 rings (SSSR count). The van der Waals surface area contributed by atoms with Gasteiger partial charge in [0.25, 0.3) is 0 Å². The molecule has 0 heteroatoms. The number of rotatable bonds is 2. The Balaban J connectivity index is 2.33. The first-order chi connectivity index (χ1) is 6.20. The van der Waals surface area contributed by atoms with Gasteiger partial charge in [0, 0.05) is 0 Å². The molecule has 1 fully saturated rings. The minimum atomic E-state index is 0.777. The van der Waals surface area contributed by atoms with Crippen molar-refractivity contribution in [1.82, 2.24) is 0 Å². The molecule has 2 bridgehead atoms. The Kier molecular flexibility index (Phi) is 2.09. The molecule has 13 heavy (non-hydrogen) atoms. The normalized spacial score (nSPS) is 43.0. The van der Waals surface area contributed by atoms with Crippen LogP contribution in [0.3, 0.4) is 0 Å². The highest BCUT2D eigenvalue weighted by Crippen LogP contribution is 2.56. The lowest BCUT2D eigenvalue weighted by molar-refractivity contribution is 0.338. The predicted octanol–water partition coefficient (Wildman–Crippen LogP) is 3.80. The third-order valence-corrected chi connectivity index (χ3v) is 4.46. The van der Waals surface area contributed by atoms with Crippen molar-refractivity contribution in [2.45, 2.75) is 33.6 Å². The van der Waals surface area contributed by atoms with Gasteiger partial charge >= 0.3 is 0 Å². The number of hydrogen-bond donors (Lipinski definition) is 0. The summed E-state index contributed by atoms with van der Waals surface area (Å²) >= 11 is 0. The zero-order valence-corrected chi connectivity index (χ0v) is 9.01. The predicted molar refractivity (Wildman–Crippen MR) is 57.4 cm³/mol. The summed E-state index contributed by atoms with van der Waals surface area (Å²) in [6.45, 7) is 11.0. The molecule has 0 aliphatic heterocycles. The fourth-order valence-corrected chi connectivity index (χ4v) is 3.62. The van der Waals surface area contributed by atoms with E-state index in [1.54, 1.807) is 11.1 Å². The molecule has 0 amide bonds. The van der Waals surface area contributed by atoms with Crippen molar-refractivity contribution in [1.29, 1.82) is 0 Å². The van der Waals surface area contributed by atoms with Crippen molar-refractivity contribution in [2.75, 3.05) is 0 Å². The van der Waals surface area contributed by atoms with E-state index in [1.165, 1.54) is 12.8 Å². The van der Waals surface area contributed by atoms with Gasteiger partial charge in [-0.3, -0.25) is 0 Å². The molecule has 2 aliphatic carbocycles. The van der Waals surface area contributed by atoms with E-state index in [1.807, 2.05) is 0 Å².